The standard InChI is InChI=1S/C23H21N3O4S3/c1-15-3-8-20(33(28,29)26-17-4-6-19(30-2)7-5-17)12-21(15)25-22(27)11-18-14-32-23(24-18)16-9-10-31-13-16/h3-10,12-14,26H,11H2,1-2H3,(H,25,27). The summed E-state index contributed by atoms with van der Waals surface area (Å²) in [6.45, 7) is 1.81. The molecule has 7 nitrogen and oxygen atoms in total. The first kappa shape index (κ1) is 23.0. The van der Waals surface area contributed by atoms with E-state index in [9.17, 15) is 13.2 Å². The van der Waals surface area contributed by atoms with Crippen LogP contribution in [0, 0.1) is 6.92 Å². The van der Waals surface area contributed by atoms with Crippen LogP contribution in [0.15, 0.2) is 69.6 Å². The molecule has 10 heteroatoms. The Morgan fingerprint density at radius 1 is 1.09 bits per heavy atom. The van der Waals surface area contributed by atoms with E-state index < -0.39 is 10.0 Å². The third-order valence-corrected chi connectivity index (χ3v) is 7.80. The molecule has 33 heavy (non-hydrogen) atoms. The van der Waals surface area contributed by atoms with E-state index in [1.54, 1.807) is 55.7 Å². The van der Waals surface area contributed by atoms with Gasteiger partial charge in [-0.05, 0) is 60.3 Å². The van der Waals surface area contributed by atoms with Crippen LogP contribution in [0.3, 0.4) is 0 Å². The summed E-state index contributed by atoms with van der Waals surface area (Å²) in [6, 6.07) is 13.2. The second kappa shape index (κ2) is 9.74. The fourth-order valence-electron chi connectivity index (χ4n) is 3.04. The second-order valence-corrected chi connectivity index (χ2v) is 10.5. The van der Waals surface area contributed by atoms with E-state index >= 15 is 0 Å². The lowest BCUT2D eigenvalue weighted by Gasteiger charge is -2.12. The SMILES string of the molecule is COc1ccc(NS(=O)(=O)c2ccc(C)c(NC(=O)Cc3csc(-c4ccsc4)n3)c2)cc1. The van der Waals surface area contributed by atoms with Crippen LogP contribution < -0.4 is 14.8 Å². The highest BCUT2D eigenvalue weighted by Crippen LogP contribution is 2.27. The quantitative estimate of drug-likeness (QED) is 0.349. The zero-order chi connectivity index (χ0) is 23.4. The number of sulfonamides is 1. The number of nitrogens with zero attached hydrogens (tertiary/aromatic N) is 1. The van der Waals surface area contributed by atoms with Gasteiger partial charge in [0.15, 0.2) is 0 Å². The third kappa shape index (κ3) is 5.59. The summed E-state index contributed by atoms with van der Waals surface area (Å²) >= 11 is 3.08. The molecule has 0 saturated heterocycles. The number of aromatic nitrogens is 1. The highest BCUT2D eigenvalue weighted by atomic mass is 32.2. The molecule has 0 spiro atoms. The Labute approximate surface area is 200 Å². The number of anilines is 2. The molecular formula is C23H21N3O4S3. The van der Waals surface area contributed by atoms with E-state index in [1.165, 1.54) is 23.5 Å². The van der Waals surface area contributed by atoms with E-state index in [4.69, 9.17) is 4.74 Å². The maximum atomic E-state index is 12.8. The number of nitrogens with one attached hydrogen (secondary N) is 2. The van der Waals surface area contributed by atoms with Crippen LogP contribution in [-0.4, -0.2) is 26.4 Å². The minimum Gasteiger partial charge on any atom is -0.497 e. The van der Waals surface area contributed by atoms with E-state index in [0.717, 1.165) is 16.1 Å². The van der Waals surface area contributed by atoms with Crippen molar-refractivity contribution in [3.05, 3.63) is 75.9 Å². The molecule has 0 aliphatic heterocycles. The first-order valence-electron chi connectivity index (χ1n) is 9.88. The Balaban J connectivity index is 1.46. The number of hydrogen-bond acceptors (Lipinski definition) is 7. The highest BCUT2D eigenvalue weighted by molar-refractivity contribution is 7.92. The first-order valence-corrected chi connectivity index (χ1v) is 13.2. The summed E-state index contributed by atoms with van der Waals surface area (Å²) in [6.07, 6.45) is 0.0984. The Morgan fingerprint density at radius 2 is 1.88 bits per heavy atom. The van der Waals surface area contributed by atoms with Crippen molar-refractivity contribution in [2.24, 2.45) is 0 Å². The molecule has 0 atom stereocenters. The maximum absolute atomic E-state index is 12.8. The van der Waals surface area contributed by atoms with Crippen LogP contribution in [-0.2, 0) is 21.2 Å². The van der Waals surface area contributed by atoms with Crippen LogP contribution in [0.25, 0.3) is 10.6 Å². The van der Waals surface area contributed by atoms with Crippen LogP contribution in [0.1, 0.15) is 11.3 Å². The van der Waals surface area contributed by atoms with Gasteiger partial charge in [-0.15, -0.1) is 11.3 Å². The van der Waals surface area contributed by atoms with Gasteiger partial charge in [0.05, 0.1) is 24.1 Å². The Hall–Kier alpha value is -3.21. The molecule has 0 bridgehead atoms. The van der Waals surface area contributed by atoms with Gasteiger partial charge in [0.1, 0.15) is 10.8 Å². The molecular weight excluding hydrogens is 478 g/mol. The van der Waals surface area contributed by atoms with E-state index in [1.807, 2.05) is 22.2 Å². The molecule has 0 saturated carbocycles. The maximum Gasteiger partial charge on any atom is 0.261 e. The molecule has 0 aliphatic carbocycles. The number of ether oxygens (including phenoxy) is 1. The van der Waals surface area contributed by atoms with Crippen molar-refractivity contribution in [2.75, 3.05) is 17.1 Å². The summed E-state index contributed by atoms with van der Waals surface area (Å²) in [5, 5.41) is 9.54. The molecule has 2 heterocycles. The van der Waals surface area contributed by atoms with Gasteiger partial charge in [0.2, 0.25) is 5.91 Å². The lowest BCUT2D eigenvalue weighted by molar-refractivity contribution is -0.115. The molecule has 1 amide bonds. The molecule has 0 radical (unpaired) electrons. The number of thiazole rings is 1. The Kier molecular flexibility index (Phi) is 6.77. The molecule has 2 aromatic carbocycles. The minimum absolute atomic E-state index is 0.0487. The van der Waals surface area contributed by atoms with Crippen molar-refractivity contribution in [1.82, 2.24) is 4.98 Å². The number of benzene rings is 2. The smallest absolute Gasteiger partial charge is 0.261 e. The monoisotopic (exact) mass is 499 g/mol. The van der Waals surface area contributed by atoms with Crippen molar-refractivity contribution in [2.45, 2.75) is 18.2 Å². The van der Waals surface area contributed by atoms with Crippen LogP contribution in [0.5, 0.6) is 5.75 Å². The van der Waals surface area contributed by atoms with E-state index in [-0.39, 0.29) is 17.2 Å². The first-order chi connectivity index (χ1) is 15.8. The number of thiophene rings is 1. The number of methoxy groups -OCH3 is 1. The predicted molar refractivity (Wildman–Crippen MR) is 133 cm³/mol. The van der Waals surface area contributed by atoms with Gasteiger partial charge < -0.3 is 10.1 Å². The van der Waals surface area contributed by atoms with Gasteiger partial charge in [-0.3, -0.25) is 9.52 Å². The molecule has 0 aliphatic rings. The molecule has 2 N–H and O–H groups in total. The second-order valence-electron chi connectivity index (χ2n) is 7.19. The predicted octanol–water partition coefficient (Wildman–Crippen LogP) is 5.17. The van der Waals surface area contributed by atoms with Gasteiger partial charge in [-0.1, -0.05) is 6.07 Å². The summed E-state index contributed by atoms with van der Waals surface area (Å²) in [4.78, 5) is 17.2. The zero-order valence-electron chi connectivity index (χ0n) is 17.9. The summed E-state index contributed by atoms with van der Waals surface area (Å²) in [5.41, 5.74) is 3.30. The van der Waals surface area contributed by atoms with Gasteiger partial charge >= 0.3 is 0 Å². The summed E-state index contributed by atoms with van der Waals surface area (Å²) in [7, 11) is -2.30. The average Bonchev–Trinajstić information content (AvgIpc) is 3.47. The number of carbonyl (C=O) groups excluding carboxylic acids is 1. The van der Waals surface area contributed by atoms with E-state index in [0.29, 0.717) is 22.8 Å². The van der Waals surface area contributed by atoms with Crippen molar-refractivity contribution >= 4 is 50.0 Å². The lowest BCUT2D eigenvalue weighted by Crippen LogP contribution is -2.17. The van der Waals surface area contributed by atoms with Crippen molar-refractivity contribution < 1.29 is 17.9 Å². The van der Waals surface area contributed by atoms with E-state index in [2.05, 4.69) is 15.0 Å². The fraction of sp³-hybridized carbons (Fsp3) is 0.130. The number of carbonyl (C=O) groups is 1. The summed E-state index contributed by atoms with van der Waals surface area (Å²) < 4.78 is 33.3. The molecule has 0 unspecified atom stereocenters. The topological polar surface area (TPSA) is 97.4 Å². The van der Waals surface area contributed by atoms with Crippen LogP contribution >= 0.6 is 22.7 Å². The molecule has 170 valence electrons. The zero-order valence-corrected chi connectivity index (χ0v) is 20.3. The minimum atomic E-state index is -3.84. The molecule has 0 fully saturated rings. The molecule has 4 rings (SSSR count). The number of aryl methyl sites for hydroxylation is 1. The highest BCUT2D eigenvalue weighted by Gasteiger charge is 2.17. The van der Waals surface area contributed by atoms with Gasteiger partial charge in [0.25, 0.3) is 10.0 Å². The van der Waals surface area contributed by atoms with Gasteiger partial charge in [-0.25, -0.2) is 13.4 Å². The summed E-state index contributed by atoms with van der Waals surface area (Å²) in [5.74, 6) is 0.360. The largest absolute Gasteiger partial charge is 0.497 e. The van der Waals surface area contributed by atoms with Crippen molar-refractivity contribution in [1.29, 1.82) is 0 Å². The number of amides is 1. The van der Waals surface area contributed by atoms with Gasteiger partial charge in [-0.2, -0.15) is 11.3 Å². The number of rotatable bonds is 8. The van der Waals surface area contributed by atoms with Gasteiger partial charge in [0, 0.05) is 27.7 Å². The van der Waals surface area contributed by atoms with Crippen LogP contribution in [0.4, 0.5) is 11.4 Å². The molecule has 2 aromatic heterocycles. The number of hydrogen-bond donors (Lipinski definition) is 2. The van der Waals surface area contributed by atoms with Crippen molar-refractivity contribution in [3.8, 4) is 16.3 Å². The Morgan fingerprint density at radius 3 is 2.58 bits per heavy atom. The molecule has 4 aromatic rings. The normalized spacial score (nSPS) is 11.2. The van der Waals surface area contributed by atoms with Crippen LogP contribution in [0.2, 0.25) is 0 Å². The average molecular weight is 500 g/mol. The Bertz CT molecular complexity index is 1360. The van der Waals surface area contributed by atoms with Crippen molar-refractivity contribution in [3.63, 3.8) is 0 Å². The lowest BCUT2D eigenvalue weighted by atomic mass is 10.2. The fourth-order valence-corrected chi connectivity index (χ4v) is 5.66. The third-order valence-electron chi connectivity index (χ3n) is 4.80.